The van der Waals surface area contributed by atoms with E-state index in [1.807, 2.05) is 27.0 Å². The van der Waals surface area contributed by atoms with Gasteiger partial charge < -0.3 is 14.6 Å². The van der Waals surface area contributed by atoms with Gasteiger partial charge in [-0.25, -0.2) is 4.39 Å². The van der Waals surface area contributed by atoms with Gasteiger partial charge in [-0.2, -0.15) is 4.98 Å². The van der Waals surface area contributed by atoms with Crippen molar-refractivity contribution in [3.05, 3.63) is 41.3 Å². The molecule has 0 radical (unpaired) electrons. The molecule has 0 fully saturated rings. The standard InChI is InChI=1S/C14H18FN3O2/c1-9(2)14-17-13(18-20-14)8-19-12-5-4-10(7-16-3)6-11(12)15/h4-6,9,16H,7-8H2,1-3H3. The second kappa shape index (κ2) is 6.47. The van der Waals surface area contributed by atoms with Gasteiger partial charge in [0.05, 0.1) is 0 Å². The molecular formula is C14H18FN3O2. The summed E-state index contributed by atoms with van der Waals surface area (Å²) in [5.74, 6) is 0.903. The molecule has 0 aliphatic carbocycles. The number of halogens is 1. The topological polar surface area (TPSA) is 60.2 Å². The number of rotatable bonds is 6. The van der Waals surface area contributed by atoms with Crippen LogP contribution in [-0.2, 0) is 13.2 Å². The first-order valence-corrected chi connectivity index (χ1v) is 6.48. The van der Waals surface area contributed by atoms with Crippen LogP contribution in [0.3, 0.4) is 0 Å². The van der Waals surface area contributed by atoms with Crippen molar-refractivity contribution in [2.45, 2.75) is 32.9 Å². The van der Waals surface area contributed by atoms with Crippen LogP contribution in [0.5, 0.6) is 5.75 Å². The molecule has 0 bridgehead atoms. The molecule has 2 aromatic rings. The number of hydrogen-bond acceptors (Lipinski definition) is 5. The van der Waals surface area contributed by atoms with E-state index >= 15 is 0 Å². The molecule has 1 aromatic heterocycles. The molecule has 0 unspecified atom stereocenters. The molecule has 2 rings (SSSR count). The highest BCUT2D eigenvalue weighted by Gasteiger charge is 2.11. The lowest BCUT2D eigenvalue weighted by Crippen LogP contribution is -2.06. The lowest BCUT2D eigenvalue weighted by molar-refractivity contribution is 0.272. The maximum atomic E-state index is 13.8. The van der Waals surface area contributed by atoms with Gasteiger partial charge in [-0.15, -0.1) is 0 Å². The second-order valence-corrected chi connectivity index (χ2v) is 4.79. The number of hydrogen-bond donors (Lipinski definition) is 1. The van der Waals surface area contributed by atoms with Gasteiger partial charge in [0.1, 0.15) is 0 Å². The van der Waals surface area contributed by atoms with Gasteiger partial charge in [-0.3, -0.25) is 0 Å². The molecule has 0 aliphatic rings. The summed E-state index contributed by atoms with van der Waals surface area (Å²) < 4.78 is 24.2. The predicted octanol–water partition coefficient (Wildman–Crippen LogP) is 2.63. The zero-order valence-corrected chi connectivity index (χ0v) is 11.8. The Morgan fingerprint density at radius 1 is 1.40 bits per heavy atom. The maximum absolute atomic E-state index is 13.8. The third-order valence-corrected chi connectivity index (χ3v) is 2.71. The molecule has 0 aliphatic heterocycles. The molecule has 0 saturated carbocycles. The van der Waals surface area contributed by atoms with Crippen LogP contribution in [0.15, 0.2) is 22.7 Å². The average Bonchev–Trinajstić information content (AvgIpc) is 2.87. The zero-order valence-electron chi connectivity index (χ0n) is 11.8. The Hall–Kier alpha value is -1.95. The molecule has 6 heteroatoms. The quantitative estimate of drug-likeness (QED) is 0.880. The Kier molecular flexibility index (Phi) is 4.68. The number of aromatic nitrogens is 2. The van der Waals surface area contributed by atoms with Crippen molar-refractivity contribution < 1.29 is 13.7 Å². The highest BCUT2D eigenvalue weighted by atomic mass is 19.1. The summed E-state index contributed by atoms with van der Waals surface area (Å²) in [5, 5.41) is 6.75. The van der Waals surface area contributed by atoms with Gasteiger partial charge in [0.15, 0.2) is 18.2 Å². The zero-order chi connectivity index (χ0) is 14.5. The summed E-state index contributed by atoms with van der Waals surface area (Å²) in [6, 6.07) is 4.86. The minimum atomic E-state index is -0.398. The van der Waals surface area contributed by atoms with Crippen molar-refractivity contribution in [3.8, 4) is 5.75 Å². The largest absolute Gasteiger partial charge is 0.482 e. The van der Waals surface area contributed by atoms with Crippen LogP contribution < -0.4 is 10.1 Å². The first kappa shape index (κ1) is 14.5. The van der Waals surface area contributed by atoms with E-state index in [9.17, 15) is 4.39 Å². The van der Waals surface area contributed by atoms with Gasteiger partial charge in [-0.05, 0) is 24.7 Å². The van der Waals surface area contributed by atoms with Crippen molar-refractivity contribution >= 4 is 0 Å². The summed E-state index contributed by atoms with van der Waals surface area (Å²) >= 11 is 0. The highest BCUT2D eigenvalue weighted by Crippen LogP contribution is 2.19. The van der Waals surface area contributed by atoms with Crippen LogP contribution in [0, 0.1) is 5.82 Å². The monoisotopic (exact) mass is 279 g/mol. The van der Waals surface area contributed by atoms with Crippen LogP contribution in [0.1, 0.15) is 37.0 Å². The van der Waals surface area contributed by atoms with Crippen molar-refractivity contribution in [1.82, 2.24) is 15.5 Å². The molecule has 1 aromatic carbocycles. The molecule has 0 amide bonds. The summed E-state index contributed by atoms with van der Waals surface area (Å²) in [5.41, 5.74) is 0.860. The van der Waals surface area contributed by atoms with Crippen molar-refractivity contribution in [1.29, 1.82) is 0 Å². The molecular weight excluding hydrogens is 261 g/mol. The summed E-state index contributed by atoms with van der Waals surface area (Å²) in [4.78, 5) is 4.17. The van der Waals surface area contributed by atoms with Gasteiger partial charge in [-0.1, -0.05) is 25.1 Å². The van der Waals surface area contributed by atoms with E-state index in [-0.39, 0.29) is 18.3 Å². The molecule has 0 atom stereocenters. The predicted molar refractivity (Wildman–Crippen MR) is 71.9 cm³/mol. The fourth-order valence-electron chi connectivity index (χ4n) is 1.68. The van der Waals surface area contributed by atoms with Crippen LogP contribution in [0.4, 0.5) is 4.39 Å². The Labute approximate surface area is 117 Å². The normalized spacial score (nSPS) is 11.1. The Morgan fingerprint density at radius 3 is 2.80 bits per heavy atom. The van der Waals surface area contributed by atoms with Crippen LogP contribution in [0.25, 0.3) is 0 Å². The lowest BCUT2D eigenvalue weighted by atomic mass is 10.2. The lowest BCUT2D eigenvalue weighted by Gasteiger charge is -2.06. The van der Waals surface area contributed by atoms with Crippen molar-refractivity contribution in [3.63, 3.8) is 0 Å². The van der Waals surface area contributed by atoms with E-state index in [0.29, 0.717) is 18.3 Å². The van der Waals surface area contributed by atoms with Gasteiger partial charge in [0.25, 0.3) is 0 Å². The molecule has 1 N–H and O–H groups in total. The van der Waals surface area contributed by atoms with E-state index in [1.165, 1.54) is 6.07 Å². The maximum Gasteiger partial charge on any atom is 0.229 e. The number of nitrogens with one attached hydrogen (secondary N) is 1. The minimum absolute atomic E-state index is 0.0819. The van der Waals surface area contributed by atoms with E-state index in [1.54, 1.807) is 6.07 Å². The Bertz CT molecular complexity index is 569. The second-order valence-electron chi connectivity index (χ2n) is 4.79. The van der Waals surface area contributed by atoms with Crippen molar-refractivity contribution in [2.75, 3.05) is 7.05 Å². The summed E-state index contributed by atoms with van der Waals surface area (Å²) in [7, 11) is 1.81. The molecule has 5 nitrogen and oxygen atoms in total. The average molecular weight is 279 g/mol. The Morgan fingerprint density at radius 2 is 2.20 bits per heavy atom. The van der Waals surface area contributed by atoms with E-state index < -0.39 is 5.82 Å². The SMILES string of the molecule is CNCc1ccc(OCc2noc(C(C)C)n2)c(F)c1. The number of ether oxygens (including phenoxy) is 1. The van der Waals surface area contributed by atoms with Gasteiger partial charge in [0, 0.05) is 12.5 Å². The fraction of sp³-hybridized carbons (Fsp3) is 0.429. The minimum Gasteiger partial charge on any atom is -0.482 e. The summed E-state index contributed by atoms with van der Waals surface area (Å²) in [6.07, 6.45) is 0. The third-order valence-electron chi connectivity index (χ3n) is 2.71. The van der Waals surface area contributed by atoms with Crippen molar-refractivity contribution in [2.24, 2.45) is 0 Å². The Balaban J connectivity index is 1.99. The molecule has 108 valence electrons. The smallest absolute Gasteiger partial charge is 0.229 e. The fourth-order valence-corrected chi connectivity index (χ4v) is 1.68. The molecule has 0 saturated heterocycles. The number of benzene rings is 1. The van der Waals surface area contributed by atoms with Gasteiger partial charge in [0.2, 0.25) is 11.7 Å². The van der Waals surface area contributed by atoms with Crippen LogP contribution in [0.2, 0.25) is 0 Å². The van der Waals surface area contributed by atoms with E-state index in [4.69, 9.17) is 9.26 Å². The van der Waals surface area contributed by atoms with Gasteiger partial charge >= 0.3 is 0 Å². The van der Waals surface area contributed by atoms with Crippen LogP contribution in [-0.4, -0.2) is 17.2 Å². The molecule has 1 heterocycles. The first-order valence-electron chi connectivity index (χ1n) is 6.48. The van der Waals surface area contributed by atoms with E-state index in [2.05, 4.69) is 15.5 Å². The van der Waals surface area contributed by atoms with E-state index in [0.717, 1.165) is 5.56 Å². The third kappa shape index (κ3) is 3.54. The number of nitrogens with zero attached hydrogens (tertiary/aromatic N) is 2. The summed E-state index contributed by atoms with van der Waals surface area (Å²) in [6.45, 7) is 4.61. The first-order chi connectivity index (χ1) is 9.60. The van der Waals surface area contributed by atoms with Crippen LogP contribution >= 0.6 is 0 Å². The highest BCUT2D eigenvalue weighted by molar-refractivity contribution is 5.29. The molecule has 20 heavy (non-hydrogen) atoms. The molecule has 0 spiro atoms.